The number of rotatable bonds is 3. The largest absolute Gasteiger partial charge is 0.327 e. The van der Waals surface area contributed by atoms with Gasteiger partial charge in [-0.15, -0.1) is 0 Å². The van der Waals surface area contributed by atoms with Crippen LogP contribution in [0.15, 0.2) is 0 Å². The first-order valence-corrected chi connectivity index (χ1v) is 15.5. The van der Waals surface area contributed by atoms with Crippen molar-refractivity contribution in [3.05, 3.63) is 0 Å². The van der Waals surface area contributed by atoms with Gasteiger partial charge in [-0.3, -0.25) is 0 Å². The van der Waals surface area contributed by atoms with Gasteiger partial charge >= 0.3 is 0 Å². The Morgan fingerprint density at radius 1 is 0.417 bits per heavy atom. The summed E-state index contributed by atoms with van der Waals surface area (Å²) >= 11 is 0. The first-order chi connectivity index (χ1) is 17.0. The maximum atomic E-state index is 6.06. The molecule has 6 heteroatoms. The molecule has 0 aromatic heterocycles. The summed E-state index contributed by atoms with van der Waals surface area (Å²) in [6, 6.07) is 3.63. The summed E-state index contributed by atoms with van der Waals surface area (Å²) in [6.45, 7) is 21.4. The Morgan fingerprint density at radius 3 is 0.861 bits per heavy atom. The molecule has 3 saturated carbocycles. The van der Waals surface area contributed by atoms with Crippen molar-refractivity contribution >= 4 is 0 Å². The lowest BCUT2D eigenvalue weighted by molar-refractivity contribution is 0.251. The van der Waals surface area contributed by atoms with E-state index in [4.69, 9.17) is 17.2 Å². The van der Waals surface area contributed by atoms with Crippen LogP contribution in [-0.2, 0) is 0 Å². The molecule has 3 aliphatic heterocycles. The van der Waals surface area contributed by atoms with Crippen LogP contribution in [0.25, 0.3) is 0 Å². The smallest absolute Gasteiger partial charge is 0.00826 e. The second-order valence-corrected chi connectivity index (χ2v) is 14.1. The maximum absolute atomic E-state index is 6.06. The highest BCUT2D eigenvalue weighted by Gasteiger charge is 2.43. The van der Waals surface area contributed by atoms with Crippen LogP contribution in [0.3, 0.4) is 0 Å². The average Bonchev–Trinajstić information content (AvgIpc) is 3.63. The normalized spacial score (nSPS) is 42.5. The number of nitrogens with zero attached hydrogens (tertiary/aromatic N) is 3. The van der Waals surface area contributed by atoms with E-state index in [2.05, 4.69) is 56.2 Å². The molecule has 0 aromatic carbocycles. The minimum atomic E-state index is 0.499. The minimum Gasteiger partial charge on any atom is -0.327 e. The molecule has 0 bridgehead atoms. The Balaban J connectivity index is 0.000000127. The first kappa shape index (κ1) is 28.8. The highest BCUT2D eigenvalue weighted by Crippen LogP contribution is 2.39. The Bertz CT molecular complexity index is 592. The number of likely N-dealkylation sites (tertiary alicyclic amines) is 3. The lowest BCUT2D eigenvalue weighted by atomic mass is 9.98. The van der Waals surface area contributed by atoms with Gasteiger partial charge in [-0.25, -0.2) is 0 Å². The molecule has 6 N–H and O–H groups in total. The molecule has 9 atom stereocenters. The van der Waals surface area contributed by atoms with E-state index in [9.17, 15) is 0 Å². The number of hydrogen-bond acceptors (Lipinski definition) is 6. The molecule has 3 aliphatic carbocycles. The summed E-state index contributed by atoms with van der Waals surface area (Å²) < 4.78 is 0. The Labute approximate surface area is 223 Å². The van der Waals surface area contributed by atoms with E-state index in [0.717, 1.165) is 35.5 Å². The average molecular weight is 505 g/mol. The van der Waals surface area contributed by atoms with Crippen LogP contribution in [0, 0.1) is 35.5 Å². The Kier molecular flexibility index (Phi) is 9.82. The molecule has 0 amide bonds. The van der Waals surface area contributed by atoms with Crippen molar-refractivity contribution < 1.29 is 0 Å². The van der Waals surface area contributed by atoms with Gasteiger partial charge < -0.3 is 31.9 Å². The number of fused-ring (bicyclic) bond motifs is 3. The number of hydrogen-bond donors (Lipinski definition) is 3. The summed E-state index contributed by atoms with van der Waals surface area (Å²) in [5.41, 5.74) is 18.2. The van der Waals surface area contributed by atoms with Crippen molar-refractivity contribution in [3.63, 3.8) is 0 Å². The van der Waals surface area contributed by atoms with Crippen molar-refractivity contribution in [3.8, 4) is 0 Å². The number of nitrogens with two attached hydrogens (primary N) is 3. The van der Waals surface area contributed by atoms with Gasteiger partial charge in [0.25, 0.3) is 0 Å². The van der Waals surface area contributed by atoms with Crippen LogP contribution >= 0.6 is 0 Å². The van der Waals surface area contributed by atoms with Crippen LogP contribution < -0.4 is 17.2 Å². The summed E-state index contributed by atoms with van der Waals surface area (Å²) in [5, 5.41) is 0. The highest BCUT2D eigenvalue weighted by atomic mass is 15.2. The third-order valence-corrected chi connectivity index (χ3v) is 11.0. The van der Waals surface area contributed by atoms with Gasteiger partial charge in [-0.05, 0) is 116 Å². The van der Waals surface area contributed by atoms with Crippen molar-refractivity contribution in [2.75, 3.05) is 39.3 Å². The summed E-state index contributed by atoms with van der Waals surface area (Å²) in [7, 11) is 0. The predicted octanol–water partition coefficient (Wildman–Crippen LogP) is 3.19. The molecular weight excluding hydrogens is 444 g/mol. The molecule has 36 heavy (non-hydrogen) atoms. The van der Waals surface area contributed by atoms with Crippen molar-refractivity contribution in [2.45, 2.75) is 116 Å². The molecular formula is C30H60N6. The maximum Gasteiger partial charge on any atom is 0.00826 e. The van der Waals surface area contributed by atoms with Crippen molar-refractivity contribution in [1.82, 2.24) is 14.7 Å². The molecule has 210 valence electrons. The van der Waals surface area contributed by atoms with Gasteiger partial charge in [0.2, 0.25) is 0 Å². The van der Waals surface area contributed by atoms with Crippen molar-refractivity contribution in [1.29, 1.82) is 0 Å². The van der Waals surface area contributed by atoms with E-state index in [0.29, 0.717) is 36.3 Å². The molecule has 6 aliphatic rings. The summed E-state index contributed by atoms with van der Waals surface area (Å²) in [6.07, 6.45) is 7.91. The van der Waals surface area contributed by atoms with Crippen LogP contribution in [0.4, 0.5) is 0 Å². The quantitative estimate of drug-likeness (QED) is 0.547. The zero-order chi connectivity index (χ0) is 26.1. The third-order valence-electron chi connectivity index (χ3n) is 11.0. The topological polar surface area (TPSA) is 87.8 Å². The van der Waals surface area contributed by atoms with Crippen LogP contribution in [0.5, 0.6) is 0 Å². The van der Waals surface area contributed by atoms with Gasteiger partial charge in [0.05, 0.1) is 0 Å². The lowest BCUT2D eigenvalue weighted by Crippen LogP contribution is -2.33. The molecule has 7 unspecified atom stereocenters. The Morgan fingerprint density at radius 2 is 0.667 bits per heavy atom. The van der Waals surface area contributed by atoms with Crippen LogP contribution in [0.1, 0.15) is 80.1 Å². The molecule has 0 spiro atoms. The van der Waals surface area contributed by atoms with Crippen molar-refractivity contribution in [2.24, 2.45) is 52.7 Å². The molecule has 6 fully saturated rings. The molecule has 3 heterocycles. The molecule has 3 saturated heterocycles. The van der Waals surface area contributed by atoms with Gasteiger partial charge in [0.15, 0.2) is 0 Å². The van der Waals surface area contributed by atoms with Crippen LogP contribution in [0.2, 0.25) is 0 Å². The standard InChI is InChI=1S/3C10H20N2/c3*1-7(2)12-5-8-3-4-10(11)9(8)6-12/h3*7-10H,3-6,11H2,1-2H3/t2*8?,9?,10-;/m10./s1. The minimum absolute atomic E-state index is 0.499. The molecule has 0 radical (unpaired) electrons. The SMILES string of the molecule is CC(C)N1CC2CCC(N)C2C1.CC(C)N1CC2CC[C@@H](N)C2C1.CC(C)N1CC2CC[C@H](N)C2C1. The van der Waals surface area contributed by atoms with Gasteiger partial charge in [-0.2, -0.15) is 0 Å². The van der Waals surface area contributed by atoms with E-state index in [-0.39, 0.29) is 0 Å². The highest BCUT2D eigenvalue weighted by molar-refractivity contribution is 4.98. The van der Waals surface area contributed by atoms with E-state index in [1.54, 1.807) is 0 Å². The summed E-state index contributed by atoms with van der Waals surface area (Å²) in [5.74, 6) is 5.19. The van der Waals surface area contributed by atoms with E-state index in [1.165, 1.54) is 77.8 Å². The van der Waals surface area contributed by atoms with Gasteiger partial charge in [0.1, 0.15) is 0 Å². The fourth-order valence-corrected chi connectivity index (χ4v) is 8.29. The fraction of sp³-hybridized carbons (Fsp3) is 1.00. The molecule has 0 aromatic rings. The van der Waals surface area contributed by atoms with Gasteiger partial charge in [0, 0.05) is 75.5 Å². The summed E-state index contributed by atoms with van der Waals surface area (Å²) in [4.78, 5) is 7.73. The second-order valence-electron chi connectivity index (χ2n) is 14.1. The first-order valence-electron chi connectivity index (χ1n) is 15.5. The van der Waals surface area contributed by atoms with E-state index < -0.39 is 0 Å². The van der Waals surface area contributed by atoms with E-state index in [1.807, 2.05) is 0 Å². The predicted molar refractivity (Wildman–Crippen MR) is 153 cm³/mol. The third kappa shape index (κ3) is 6.48. The molecule has 6 rings (SSSR count). The zero-order valence-electron chi connectivity index (χ0n) is 24.5. The zero-order valence-corrected chi connectivity index (χ0v) is 24.5. The second kappa shape index (κ2) is 12.3. The van der Waals surface area contributed by atoms with Gasteiger partial charge in [-0.1, -0.05) is 0 Å². The van der Waals surface area contributed by atoms with Crippen LogP contribution in [-0.4, -0.2) is 90.2 Å². The van der Waals surface area contributed by atoms with E-state index >= 15 is 0 Å². The molecule has 6 nitrogen and oxygen atoms in total. The lowest BCUT2D eigenvalue weighted by Gasteiger charge is -2.22. The fourth-order valence-electron chi connectivity index (χ4n) is 8.29. The Hall–Kier alpha value is -0.240. The monoisotopic (exact) mass is 504 g/mol.